The number of hydrogen-bond acceptors (Lipinski definition) is 4. The van der Waals surface area contributed by atoms with Gasteiger partial charge in [-0.1, -0.05) is 6.07 Å². The first-order valence-corrected chi connectivity index (χ1v) is 5.68. The topological polar surface area (TPSA) is 70.3 Å². The zero-order valence-corrected chi connectivity index (χ0v) is 9.70. The van der Waals surface area contributed by atoms with Gasteiger partial charge in [0.15, 0.2) is 0 Å². The van der Waals surface area contributed by atoms with Crippen molar-refractivity contribution in [3.8, 4) is 17.6 Å². The lowest BCUT2D eigenvalue weighted by molar-refractivity contribution is 0.0702. The molecule has 0 aliphatic heterocycles. The summed E-state index contributed by atoms with van der Waals surface area (Å²) in [4.78, 5) is 10.8. The highest BCUT2D eigenvalue weighted by atomic mass is 32.1. The molecule has 6 heteroatoms. The molecule has 1 aromatic carbocycles. The first-order valence-electron chi connectivity index (χ1n) is 4.80. The summed E-state index contributed by atoms with van der Waals surface area (Å²) in [6.45, 7) is 0. The number of carboxylic acid groups (broad SMARTS) is 1. The van der Waals surface area contributed by atoms with E-state index in [1.54, 1.807) is 6.07 Å². The smallest absolute Gasteiger partial charge is 0.346 e. The Morgan fingerprint density at radius 2 is 2.28 bits per heavy atom. The lowest BCUT2D eigenvalue weighted by Crippen LogP contribution is -1.92. The van der Waals surface area contributed by atoms with Crippen molar-refractivity contribution in [1.29, 1.82) is 5.26 Å². The predicted octanol–water partition coefficient (Wildman–Crippen LogP) is 3.25. The monoisotopic (exact) mass is 263 g/mol. The van der Waals surface area contributed by atoms with Crippen molar-refractivity contribution in [2.75, 3.05) is 0 Å². The molecule has 2 rings (SSSR count). The fourth-order valence-electron chi connectivity index (χ4n) is 1.31. The van der Waals surface area contributed by atoms with E-state index in [0.29, 0.717) is 0 Å². The first kappa shape index (κ1) is 12.1. The van der Waals surface area contributed by atoms with Crippen molar-refractivity contribution in [2.45, 2.75) is 0 Å². The van der Waals surface area contributed by atoms with Gasteiger partial charge in [0.2, 0.25) is 0 Å². The van der Waals surface area contributed by atoms with Crippen LogP contribution in [0.25, 0.3) is 0 Å². The van der Waals surface area contributed by atoms with Crippen molar-refractivity contribution < 1.29 is 19.0 Å². The van der Waals surface area contributed by atoms with Crippen LogP contribution in [0.5, 0.6) is 11.5 Å². The third kappa shape index (κ3) is 2.31. The van der Waals surface area contributed by atoms with E-state index in [-0.39, 0.29) is 21.9 Å². The van der Waals surface area contributed by atoms with Gasteiger partial charge in [0.25, 0.3) is 0 Å². The van der Waals surface area contributed by atoms with Crippen molar-refractivity contribution in [1.82, 2.24) is 0 Å². The standard InChI is InChI=1S/C12H6FNO3S/c13-9-2-1-3-10(8(9)5-14)17-7-4-11(12(15)16)18-6-7/h1-4,6H,(H,15,16). The lowest BCUT2D eigenvalue weighted by Gasteiger charge is -2.05. The Morgan fingerprint density at radius 3 is 2.89 bits per heavy atom. The predicted molar refractivity (Wildman–Crippen MR) is 62.5 cm³/mol. The fourth-order valence-corrected chi connectivity index (χ4v) is 1.95. The number of hydrogen-bond donors (Lipinski definition) is 1. The van der Waals surface area contributed by atoms with Gasteiger partial charge >= 0.3 is 5.97 Å². The number of carbonyl (C=O) groups is 1. The van der Waals surface area contributed by atoms with E-state index in [1.165, 1.54) is 23.6 Å². The Hall–Kier alpha value is -2.39. The molecule has 0 unspecified atom stereocenters. The lowest BCUT2D eigenvalue weighted by atomic mass is 10.2. The van der Waals surface area contributed by atoms with E-state index in [2.05, 4.69) is 0 Å². The Bertz CT molecular complexity index is 645. The van der Waals surface area contributed by atoms with Crippen LogP contribution in [0.15, 0.2) is 29.6 Å². The van der Waals surface area contributed by atoms with E-state index >= 15 is 0 Å². The van der Waals surface area contributed by atoms with E-state index in [1.807, 2.05) is 0 Å². The average Bonchev–Trinajstić information content (AvgIpc) is 2.78. The summed E-state index contributed by atoms with van der Waals surface area (Å²) in [5.41, 5.74) is -0.208. The van der Waals surface area contributed by atoms with E-state index in [0.717, 1.165) is 17.4 Å². The molecule has 0 amide bonds. The first-order chi connectivity index (χ1) is 8.61. The van der Waals surface area contributed by atoms with Crippen LogP contribution in [0, 0.1) is 17.1 Å². The quantitative estimate of drug-likeness (QED) is 0.922. The van der Waals surface area contributed by atoms with E-state index < -0.39 is 11.8 Å². The number of carboxylic acids is 1. The Labute approximate surface area is 105 Å². The molecule has 0 saturated heterocycles. The summed E-state index contributed by atoms with van der Waals surface area (Å²) in [7, 11) is 0. The second-order valence-corrected chi connectivity index (χ2v) is 4.19. The van der Waals surface area contributed by atoms with Crippen molar-refractivity contribution in [3.05, 3.63) is 45.9 Å². The van der Waals surface area contributed by atoms with Crippen molar-refractivity contribution in [3.63, 3.8) is 0 Å². The van der Waals surface area contributed by atoms with Gasteiger partial charge < -0.3 is 9.84 Å². The average molecular weight is 263 g/mol. The van der Waals surface area contributed by atoms with Crippen molar-refractivity contribution >= 4 is 17.3 Å². The highest BCUT2D eigenvalue weighted by molar-refractivity contribution is 7.12. The zero-order valence-electron chi connectivity index (χ0n) is 8.88. The van der Waals surface area contributed by atoms with Gasteiger partial charge in [0.05, 0.1) is 0 Å². The van der Waals surface area contributed by atoms with E-state index in [4.69, 9.17) is 15.1 Å². The van der Waals surface area contributed by atoms with Gasteiger partial charge in [-0.25, -0.2) is 9.18 Å². The third-order valence-electron chi connectivity index (χ3n) is 2.10. The molecule has 2 aromatic rings. The Balaban J connectivity index is 2.31. The maximum Gasteiger partial charge on any atom is 0.346 e. The van der Waals surface area contributed by atoms with Gasteiger partial charge in [0, 0.05) is 11.4 Å². The SMILES string of the molecule is N#Cc1c(F)cccc1Oc1csc(C(=O)O)c1. The molecule has 18 heavy (non-hydrogen) atoms. The number of nitriles is 1. The maximum absolute atomic E-state index is 13.3. The highest BCUT2D eigenvalue weighted by Gasteiger charge is 2.12. The maximum atomic E-state index is 13.3. The Morgan fingerprint density at radius 1 is 1.50 bits per heavy atom. The molecule has 90 valence electrons. The van der Waals surface area contributed by atoms with Crippen LogP contribution in [0.4, 0.5) is 4.39 Å². The van der Waals surface area contributed by atoms with Crippen LogP contribution in [-0.2, 0) is 0 Å². The Kier molecular flexibility index (Phi) is 3.26. The molecule has 1 N–H and O–H groups in total. The van der Waals surface area contributed by atoms with E-state index in [9.17, 15) is 9.18 Å². The number of aromatic carboxylic acids is 1. The van der Waals surface area contributed by atoms with Crippen LogP contribution >= 0.6 is 11.3 Å². The fraction of sp³-hybridized carbons (Fsp3) is 0. The van der Waals surface area contributed by atoms with Gasteiger partial charge in [0.1, 0.15) is 33.8 Å². The molecule has 0 spiro atoms. The normalized spacial score (nSPS) is 9.78. The molecule has 1 heterocycles. The molecule has 0 aliphatic rings. The summed E-state index contributed by atoms with van der Waals surface area (Å²) >= 11 is 0.993. The van der Waals surface area contributed by atoms with Crippen LogP contribution in [0.1, 0.15) is 15.2 Å². The summed E-state index contributed by atoms with van der Waals surface area (Å²) in [5, 5.41) is 19.0. The molecule has 1 aromatic heterocycles. The molecule has 4 nitrogen and oxygen atoms in total. The summed E-state index contributed by atoms with van der Waals surface area (Å²) in [5.74, 6) is -1.41. The minimum absolute atomic E-state index is 0.0623. The molecular weight excluding hydrogens is 257 g/mol. The van der Waals surface area contributed by atoms with Gasteiger partial charge in [-0.05, 0) is 12.1 Å². The summed E-state index contributed by atoms with van der Waals surface area (Å²) in [6.07, 6.45) is 0. The van der Waals surface area contributed by atoms with Crippen LogP contribution < -0.4 is 4.74 Å². The number of rotatable bonds is 3. The molecule has 0 saturated carbocycles. The van der Waals surface area contributed by atoms with Gasteiger partial charge in [-0.15, -0.1) is 11.3 Å². The highest BCUT2D eigenvalue weighted by Crippen LogP contribution is 2.30. The third-order valence-corrected chi connectivity index (χ3v) is 3.00. The molecular formula is C12H6FNO3S. The number of nitrogens with zero attached hydrogens (tertiary/aromatic N) is 1. The molecule has 0 atom stereocenters. The van der Waals surface area contributed by atoms with Gasteiger partial charge in [-0.2, -0.15) is 5.26 Å². The number of ether oxygens (including phenoxy) is 1. The zero-order chi connectivity index (χ0) is 13.1. The largest absolute Gasteiger partial charge is 0.477 e. The van der Waals surface area contributed by atoms with Crippen LogP contribution in [0.2, 0.25) is 0 Å². The van der Waals surface area contributed by atoms with Crippen LogP contribution in [-0.4, -0.2) is 11.1 Å². The minimum atomic E-state index is -1.06. The number of benzene rings is 1. The second-order valence-electron chi connectivity index (χ2n) is 3.28. The molecule has 0 aliphatic carbocycles. The summed E-state index contributed by atoms with van der Waals surface area (Å²) in [6, 6.07) is 7.03. The summed E-state index contributed by atoms with van der Waals surface area (Å²) < 4.78 is 18.6. The molecule has 0 bridgehead atoms. The molecule has 0 radical (unpaired) electrons. The van der Waals surface area contributed by atoms with Crippen LogP contribution in [0.3, 0.4) is 0 Å². The minimum Gasteiger partial charge on any atom is -0.477 e. The number of thiophene rings is 1. The second kappa shape index (κ2) is 4.85. The van der Waals surface area contributed by atoms with Gasteiger partial charge in [-0.3, -0.25) is 0 Å². The van der Waals surface area contributed by atoms with Crippen molar-refractivity contribution in [2.24, 2.45) is 0 Å². The molecule has 0 fully saturated rings. The number of halogens is 1.